The quantitative estimate of drug-likeness (QED) is 0.0321. The Morgan fingerprint density at radius 2 is 0.727 bits per heavy atom. The number of unbranched alkanes of at least 4 members (excludes halogenated alkanes) is 40. The lowest BCUT2D eigenvalue weighted by atomic mass is 10.0. The summed E-state index contributed by atoms with van der Waals surface area (Å²) in [7, 11) is 0. The maximum absolute atomic E-state index is 12.4. The van der Waals surface area contributed by atoms with Gasteiger partial charge in [-0.25, -0.2) is 0 Å². The van der Waals surface area contributed by atoms with Gasteiger partial charge < -0.3 is 20.3 Å². The van der Waals surface area contributed by atoms with Crippen molar-refractivity contribution in [2.45, 2.75) is 334 Å². The van der Waals surface area contributed by atoms with Gasteiger partial charge in [-0.15, -0.1) is 0 Å². The Morgan fingerprint density at radius 1 is 0.409 bits per heavy atom. The van der Waals surface area contributed by atoms with E-state index in [0.29, 0.717) is 25.9 Å². The lowest BCUT2D eigenvalue weighted by molar-refractivity contribution is -0.143. The number of amides is 1. The molecule has 0 saturated carbocycles. The van der Waals surface area contributed by atoms with Gasteiger partial charge in [-0.05, 0) is 70.6 Å². The van der Waals surface area contributed by atoms with Crippen LogP contribution in [0.3, 0.4) is 0 Å². The minimum absolute atomic E-state index is 0.00392. The largest absolute Gasteiger partial charge is 0.466 e. The molecule has 0 aliphatic rings. The summed E-state index contributed by atoms with van der Waals surface area (Å²) in [6.07, 6.45) is 67.6. The van der Waals surface area contributed by atoms with E-state index in [-0.39, 0.29) is 18.5 Å². The molecule has 0 aliphatic heterocycles. The summed E-state index contributed by atoms with van der Waals surface area (Å²) in [5.41, 5.74) is 0. The fourth-order valence-corrected chi connectivity index (χ4v) is 9.15. The van der Waals surface area contributed by atoms with Crippen LogP contribution in [0.1, 0.15) is 322 Å². The highest BCUT2D eigenvalue weighted by atomic mass is 16.5. The third-order valence-corrected chi connectivity index (χ3v) is 13.7. The van der Waals surface area contributed by atoms with Gasteiger partial charge in [0.2, 0.25) is 5.91 Å². The van der Waals surface area contributed by atoms with Crippen LogP contribution in [0.15, 0.2) is 24.3 Å². The average molecular weight is 931 g/mol. The highest BCUT2D eigenvalue weighted by Crippen LogP contribution is 2.17. The Balaban J connectivity index is 3.37. The molecule has 390 valence electrons. The molecule has 0 aliphatic carbocycles. The number of ether oxygens (including phenoxy) is 1. The third kappa shape index (κ3) is 51.7. The van der Waals surface area contributed by atoms with Crippen molar-refractivity contribution in [2.75, 3.05) is 13.2 Å². The molecule has 3 N–H and O–H groups in total. The Hall–Kier alpha value is -1.66. The molecule has 0 bridgehead atoms. The summed E-state index contributed by atoms with van der Waals surface area (Å²) in [4.78, 5) is 24.4. The van der Waals surface area contributed by atoms with Crippen molar-refractivity contribution in [1.82, 2.24) is 5.32 Å². The lowest BCUT2D eigenvalue weighted by Crippen LogP contribution is -2.45. The van der Waals surface area contributed by atoms with E-state index >= 15 is 0 Å². The number of hydrogen-bond donors (Lipinski definition) is 3. The van der Waals surface area contributed by atoms with E-state index in [0.717, 1.165) is 44.9 Å². The molecule has 0 aromatic heterocycles. The molecule has 0 aromatic carbocycles. The molecular weight excluding hydrogens is 815 g/mol. The second-order valence-corrected chi connectivity index (χ2v) is 20.3. The first kappa shape index (κ1) is 64.3. The van der Waals surface area contributed by atoms with E-state index in [9.17, 15) is 19.8 Å². The molecule has 0 spiro atoms. The summed E-state index contributed by atoms with van der Waals surface area (Å²) in [6.45, 7) is 4.91. The van der Waals surface area contributed by atoms with E-state index in [1.165, 1.54) is 244 Å². The van der Waals surface area contributed by atoms with Crippen LogP contribution in [0.4, 0.5) is 0 Å². The monoisotopic (exact) mass is 930 g/mol. The van der Waals surface area contributed by atoms with Gasteiger partial charge in [0.1, 0.15) is 0 Å². The number of hydrogen-bond acceptors (Lipinski definition) is 5. The Bertz CT molecular complexity index is 1030. The summed E-state index contributed by atoms with van der Waals surface area (Å²) >= 11 is 0. The fourth-order valence-electron chi connectivity index (χ4n) is 9.15. The number of esters is 1. The van der Waals surface area contributed by atoms with Crippen molar-refractivity contribution in [3.63, 3.8) is 0 Å². The Kier molecular flexibility index (Phi) is 54.5. The zero-order valence-corrected chi connectivity index (χ0v) is 44.4. The molecule has 0 aromatic rings. The number of carbonyl (C=O) groups excluding carboxylic acids is 2. The number of carbonyl (C=O) groups is 2. The standard InChI is InChI=1S/C60H115NO5/c1-3-5-7-9-11-13-32-36-40-44-48-52-58(63)57(56-62)61-59(64)53-49-45-41-37-34-30-28-26-24-22-20-18-16-15-17-19-21-23-25-27-29-31-35-39-43-47-51-55-66-60(65)54-50-46-42-38-33-14-12-10-8-6-4-2/h10,12,15-16,57-58,62-63H,3-9,11,13-14,17-56H2,1-2H3,(H,61,64)/b12-10-,16-15-. The SMILES string of the molecule is CCCC/C=C\CCCCCCCC(=O)OCCCCCCCCCCCCCC/C=C\CCCCCCCCCCCCCC(=O)NC(CO)C(O)CCCCCCCCCCCCC. The number of rotatable bonds is 55. The van der Waals surface area contributed by atoms with Gasteiger partial charge in [0.15, 0.2) is 0 Å². The van der Waals surface area contributed by atoms with Gasteiger partial charge in [-0.3, -0.25) is 9.59 Å². The maximum atomic E-state index is 12.4. The number of allylic oxidation sites excluding steroid dienone is 4. The number of aliphatic hydroxyl groups excluding tert-OH is 2. The van der Waals surface area contributed by atoms with Crippen LogP contribution in [-0.4, -0.2) is 47.4 Å². The first-order valence-corrected chi connectivity index (χ1v) is 29.6. The van der Waals surface area contributed by atoms with Crippen molar-refractivity contribution >= 4 is 11.9 Å². The zero-order valence-electron chi connectivity index (χ0n) is 44.4. The van der Waals surface area contributed by atoms with E-state index in [4.69, 9.17) is 4.74 Å². The van der Waals surface area contributed by atoms with Gasteiger partial charge in [-0.2, -0.15) is 0 Å². The van der Waals surface area contributed by atoms with E-state index in [1.54, 1.807) is 0 Å². The first-order valence-electron chi connectivity index (χ1n) is 29.6. The lowest BCUT2D eigenvalue weighted by Gasteiger charge is -2.22. The number of aliphatic hydroxyl groups is 2. The highest BCUT2D eigenvalue weighted by Gasteiger charge is 2.20. The van der Waals surface area contributed by atoms with Crippen LogP contribution >= 0.6 is 0 Å². The molecule has 1 amide bonds. The molecule has 0 rings (SSSR count). The Labute approximate surface area is 411 Å². The minimum atomic E-state index is -0.663. The van der Waals surface area contributed by atoms with Crippen LogP contribution in [0, 0.1) is 0 Å². The number of nitrogens with one attached hydrogen (secondary N) is 1. The molecule has 6 heteroatoms. The van der Waals surface area contributed by atoms with Crippen LogP contribution < -0.4 is 5.32 Å². The van der Waals surface area contributed by atoms with Crippen LogP contribution in [0.25, 0.3) is 0 Å². The molecule has 66 heavy (non-hydrogen) atoms. The molecule has 2 atom stereocenters. The topological polar surface area (TPSA) is 95.9 Å². The van der Waals surface area contributed by atoms with Crippen molar-refractivity contribution in [1.29, 1.82) is 0 Å². The molecular formula is C60H115NO5. The second-order valence-electron chi connectivity index (χ2n) is 20.3. The second kappa shape index (κ2) is 55.9. The molecule has 0 fully saturated rings. The summed E-state index contributed by atoms with van der Waals surface area (Å²) in [5, 5.41) is 23.2. The van der Waals surface area contributed by atoms with E-state index in [2.05, 4.69) is 43.5 Å². The summed E-state index contributed by atoms with van der Waals surface area (Å²) < 4.78 is 5.46. The van der Waals surface area contributed by atoms with Gasteiger partial charge in [-0.1, -0.05) is 263 Å². The van der Waals surface area contributed by atoms with Crippen molar-refractivity contribution in [3.05, 3.63) is 24.3 Å². The van der Waals surface area contributed by atoms with Gasteiger partial charge in [0.25, 0.3) is 0 Å². The van der Waals surface area contributed by atoms with Gasteiger partial charge in [0, 0.05) is 12.8 Å². The van der Waals surface area contributed by atoms with Crippen LogP contribution in [-0.2, 0) is 14.3 Å². The first-order chi connectivity index (χ1) is 32.5. The summed E-state index contributed by atoms with van der Waals surface area (Å²) in [6, 6.07) is -0.540. The average Bonchev–Trinajstić information content (AvgIpc) is 3.32. The van der Waals surface area contributed by atoms with Gasteiger partial charge in [0.05, 0.1) is 25.4 Å². The molecule has 0 saturated heterocycles. The zero-order chi connectivity index (χ0) is 47.9. The predicted octanol–water partition coefficient (Wildman–Crippen LogP) is 18.2. The minimum Gasteiger partial charge on any atom is -0.466 e. The van der Waals surface area contributed by atoms with Crippen molar-refractivity contribution in [2.24, 2.45) is 0 Å². The third-order valence-electron chi connectivity index (χ3n) is 13.7. The summed E-state index contributed by atoms with van der Waals surface area (Å²) in [5.74, 6) is -0.0322. The molecule has 2 unspecified atom stereocenters. The van der Waals surface area contributed by atoms with Crippen molar-refractivity contribution in [3.8, 4) is 0 Å². The fraction of sp³-hybridized carbons (Fsp3) is 0.900. The van der Waals surface area contributed by atoms with Crippen LogP contribution in [0.2, 0.25) is 0 Å². The van der Waals surface area contributed by atoms with E-state index < -0.39 is 12.1 Å². The van der Waals surface area contributed by atoms with Gasteiger partial charge >= 0.3 is 5.97 Å². The highest BCUT2D eigenvalue weighted by molar-refractivity contribution is 5.76. The molecule has 0 heterocycles. The smallest absolute Gasteiger partial charge is 0.305 e. The normalized spacial score (nSPS) is 12.7. The molecule has 0 radical (unpaired) electrons. The van der Waals surface area contributed by atoms with E-state index in [1.807, 2.05) is 0 Å². The maximum Gasteiger partial charge on any atom is 0.305 e. The molecule has 6 nitrogen and oxygen atoms in total. The predicted molar refractivity (Wildman–Crippen MR) is 287 cm³/mol. The Morgan fingerprint density at radius 3 is 1.12 bits per heavy atom. The van der Waals surface area contributed by atoms with Crippen LogP contribution in [0.5, 0.6) is 0 Å². The van der Waals surface area contributed by atoms with Crippen molar-refractivity contribution < 1.29 is 24.5 Å².